The molecule has 0 amide bonds. The molecule has 1 aliphatic heterocycles. The molecule has 10 nitrogen and oxygen atoms in total. The van der Waals surface area contributed by atoms with E-state index >= 15 is 0 Å². The number of ether oxygens (including phenoxy) is 1. The van der Waals surface area contributed by atoms with E-state index in [0.29, 0.717) is 18.9 Å². The number of methoxy groups -OCH3 is 1. The number of nitrogens with one attached hydrogen (secondary N) is 1. The summed E-state index contributed by atoms with van der Waals surface area (Å²) < 4.78 is 34.8. The van der Waals surface area contributed by atoms with Crippen LogP contribution in [0, 0.1) is 10.1 Å². The topological polar surface area (TPSA) is 120 Å². The van der Waals surface area contributed by atoms with Gasteiger partial charge in [0.25, 0.3) is 5.69 Å². The number of aromatic nitrogens is 2. The smallest absolute Gasteiger partial charge is 0.271 e. The maximum Gasteiger partial charge on any atom is 0.271 e. The number of aryl methyl sites for hydroxylation is 1. The molecule has 0 radical (unpaired) electrons. The van der Waals surface area contributed by atoms with Crippen molar-refractivity contribution >= 4 is 15.7 Å². The number of hydrogen-bond acceptors (Lipinski definition) is 7. The van der Waals surface area contributed by atoms with Crippen LogP contribution in [0.25, 0.3) is 0 Å². The SMILES string of the molecule is COc1ccc([N+](=O)[O-])cc1S(=O)(=O)N1CCNCC1c1nccn1C. The van der Waals surface area contributed by atoms with Crippen LogP contribution < -0.4 is 10.1 Å². The Balaban J connectivity index is 2.10. The summed E-state index contributed by atoms with van der Waals surface area (Å²) in [6, 6.07) is 3.01. The molecule has 1 aliphatic rings. The van der Waals surface area contributed by atoms with Gasteiger partial charge < -0.3 is 14.6 Å². The van der Waals surface area contributed by atoms with E-state index in [0.717, 1.165) is 6.07 Å². The summed E-state index contributed by atoms with van der Waals surface area (Å²) in [5, 5.41) is 14.2. The molecular weight excluding hydrogens is 362 g/mol. The lowest BCUT2D eigenvalue weighted by atomic mass is 10.2. The number of nitrogens with zero attached hydrogens (tertiary/aromatic N) is 4. The lowest BCUT2D eigenvalue weighted by Gasteiger charge is -2.34. The van der Waals surface area contributed by atoms with Gasteiger partial charge in [0.1, 0.15) is 16.5 Å². The first-order valence-electron chi connectivity index (χ1n) is 7.88. The van der Waals surface area contributed by atoms with Gasteiger partial charge in [-0.1, -0.05) is 0 Å². The number of rotatable bonds is 5. The Bertz CT molecular complexity index is 926. The Morgan fingerprint density at radius 2 is 2.19 bits per heavy atom. The van der Waals surface area contributed by atoms with Gasteiger partial charge in [-0.3, -0.25) is 10.1 Å². The van der Waals surface area contributed by atoms with Crippen molar-refractivity contribution < 1.29 is 18.1 Å². The predicted octanol–water partition coefficient (Wildman–Crippen LogP) is 0.672. The number of non-ortho nitro benzene ring substituents is 1. The zero-order valence-electron chi connectivity index (χ0n) is 14.3. The van der Waals surface area contributed by atoms with E-state index in [4.69, 9.17) is 4.74 Å². The Hall–Kier alpha value is -2.50. The minimum Gasteiger partial charge on any atom is -0.495 e. The molecule has 0 bridgehead atoms. The highest BCUT2D eigenvalue weighted by atomic mass is 32.2. The number of sulfonamides is 1. The summed E-state index contributed by atoms with van der Waals surface area (Å²) in [4.78, 5) is 14.5. The fraction of sp³-hybridized carbons (Fsp3) is 0.400. The summed E-state index contributed by atoms with van der Waals surface area (Å²) in [6.07, 6.45) is 3.34. The summed E-state index contributed by atoms with van der Waals surface area (Å²) in [5.74, 6) is 0.651. The molecule has 2 aromatic rings. The van der Waals surface area contributed by atoms with Crippen molar-refractivity contribution in [3.8, 4) is 5.75 Å². The zero-order chi connectivity index (χ0) is 18.9. The monoisotopic (exact) mass is 381 g/mol. The predicted molar refractivity (Wildman–Crippen MR) is 92.4 cm³/mol. The van der Waals surface area contributed by atoms with Gasteiger partial charge >= 0.3 is 0 Å². The quantitative estimate of drug-likeness (QED) is 0.597. The number of imidazole rings is 1. The normalized spacial score (nSPS) is 18.6. The molecule has 1 atom stereocenters. The first kappa shape index (κ1) is 18.3. The van der Waals surface area contributed by atoms with Gasteiger partial charge in [0.15, 0.2) is 0 Å². The van der Waals surface area contributed by atoms with Gasteiger partial charge in [-0.2, -0.15) is 4.31 Å². The van der Waals surface area contributed by atoms with Gasteiger partial charge in [-0.05, 0) is 6.07 Å². The molecular formula is C15H19N5O5S. The molecule has 140 valence electrons. The van der Waals surface area contributed by atoms with E-state index in [1.54, 1.807) is 24.0 Å². The minimum absolute atomic E-state index is 0.0627. The maximum absolute atomic E-state index is 13.3. The van der Waals surface area contributed by atoms with Crippen LogP contribution in [0.5, 0.6) is 5.75 Å². The Morgan fingerprint density at radius 1 is 1.42 bits per heavy atom. The highest BCUT2D eigenvalue weighted by Crippen LogP contribution is 2.34. The van der Waals surface area contributed by atoms with Crippen LogP contribution in [0.1, 0.15) is 11.9 Å². The maximum atomic E-state index is 13.3. The molecule has 1 aromatic heterocycles. The molecule has 3 rings (SSSR count). The molecule has 1 saturated heterocycles. The van der Waals surface area contributed by atoms with Crippen LogP contribution in [0.4, 0.5) is 5.69 Å². The van der Waals surface area contributed by atoms with Crippen molar-refractivity contribution in [2.45, 2.75) is 10.9 Å². The minimum atomic E-state index is -4.04. The summed E-state index contributed by atoms with van der Waals surface area (Å²) in [7, 11) is -0.927. The first-order chi connectivity index (χ1) is 12.4. The van der Waals surface area contributed by atoms with Crippen molar-refractivity contribution in [2.24, 2.45) is 7.05 Å². The molecule has 1 unspecified atom stereocenters. The van der Waals surface area contributed by atoms with E-state index in [9.17, 15) is 18.5 Å². The highest BCUT2D eigenvalue weighted by Gasteiger charge is 2.38. The van der Waals surface area contributed by atoms with Crippen LogP contribution >= 0.6 is 0 Å². The number of nitro groups is 1. The average molecular weight is 381 g/mol. The number of piperazine rings is 1. The van der Waals surface area contributed by atoms with Crippen molar-refractivity contribution in [1.82, 2.24) is 19.2 Å². The third kappa shape index (κ3) is 3.16. The molecule has 0 saturated carbocycles. The van der Waals surface area contributed by atoms with E-state index in [1.807, 2.05) is 0 Å². The number of hydrogen-bond donors (Lipinski definition) is 1. The molecule has 1 N–H and O–H groups in total. The van der Waals surface area contributed by atoms with E-state index in [-0.39, 0.29) is 22.9 Å². The standard InChI is InChI=1S/C15H19N5O5S/c1-18-7-6-17-15(18)12-10-16-5-8-19(12)26(23,24)14-9-11(20(21)22)3-4-13(14)25-2/h3-4,6-7,9,12,16H,5,8,10H2,1-2H3. The van der Waals surface area contributed by atoms with Gasteiger partial charge in [0, 0.05) is 51.2 Å². The average Bonchev–Trinajstić information content (AvgIpc) is 3.06. The van der Waals surface area contributed by atoms with Gasteiger partial charge in [0.2, 0.25) is 10.0 Å². The zero-order valence-corrected chi connectivity index (χ0v) is 15.1. The molecule has 11 heteroatoms. The van der Waals surface area contributed by atoms with Crippen LogP contribution in [0.3, 0.4) is 0 Å². The summed E-state index contributed by atoms with van der Waals surface area (Å²) >= 11 is 0. The van der Waals surface area contributed by atoms with Crippen molar-refractivity contribution in [3.05, 3.63) is 46.5 Å². The van der Waals surface area contributed by atoms with Crippen LogP contribution in [0.2, 0.25) is 0 Å². The van der Waals surface area contributed by atoms with Gasteiger partial charge in [0.05, 0.1) is 18.1 Å². The Morgan fingerprint density at radius 3 is 2.81 bits per heavy atom. The van der Waals surface area contributed by atoms with Crippen LogP contribution in [-0.4, -0.2) is 53.9 Å². The second kappa shape index (κ2) is 7.02. The van der Waals surface area contributed by atoms with Gasteiger partial charge in [-0.25, -0.2) is 13.4 Å². The third-order valence-electron chi connectivity index (χ3n) is 4.30. The molecule has 0 aliphatic carbocycles. The summed E-state index contributed by atoms with van der Waals surface area (Å²) in [5.41, 5.74) is -0.312. The lowest BCUT2D eigenvalue weighted by Crippen LogP contribution is -2.49. The van der Waals surface area contributed by atoms with Gasteiger partial charge in [-0.15, -0.1) is 0 Å². The van der Waals surface area contributed by atoms with Crippen LogP contribution in [-0.2, 0) is 17.1 Å². The van der Waals surface area contributed by atoms with Crippen molar-refractivity contribution in [1.29, 1.82) is 0 Å². The van der Waals surface area contributed by atoms with Crippen LogP contribution in [0.15, 0.2) is 35.5 Å². The molecule has 26 heavy (non-hydrogen) atoms. The molecule has 1 fully saturated rings. The van der Waals surface area contributed by atoms with E-state index in [2.05, 4.69) is 10.3 Å². The van der Waals surface area contributed by atoms with Crippen molar-refractivity contribution in [2.75, 3.05) is 26.7 Å². The largest absolute Gasteiger partial charge is 0.495 e. The second-order valence-corrected chi connectivity index (χ2v) is 7.68. The molecule has 2 heterocycles. The molecule has 0 spiro atoms. The van der Waals surface area contributed by atoms with E-state index in [1.165, 1.54) is 23.5 Å². The Kier molecular flexibility index (Phi) is 4.94. The number of nitro benzene ring substituents is 1. The lowest BCUT2D eigenvalue weighted by molar-refractivity contribution is -0.385. The van der Waals surface area contributed by atoms with E-state index < -0.39 is 21.0 Å². The fourth-order valence-electron chi connectivity index (χ4n) is 3.00. The third-order valence-corrected chi connectivity index (χ3v) is 6.22. The Labute approximate surface area is 150 Å². The first-order valence-corrected chi connectivity index (χ1v) is 9.32. The van der Waals surface area contributed by atoms with Crippen molar-refractivity contribution in [3.63, 3.8) is 0 Å². The number of benzene rings is 1. The molecule has 1 aromatic carbocycles. The second-order valence-electron chi connectivity index (χ2n) is 5.82. The summed E-state index contributed by atoms with van der Waals surface area (Å²) in [6.45, 7) is 1.07. The fourth-order valence-corrected chi connectivity index (χ4v) is 4.76. The highest BCUT2D eigenvalue weighted by molar-refractivity contribution is 7.89.